The summed E-state index contributed by atoms with van der Waals surface area (Å²) >= 11 is 0. The molecule has 3 nitrogen and oxygen atoms in total. The van der Waals surface area contributed by atoms with Crippen LogP contribution < -0.4 is 0 Å². The molecule has 0 aromatic rings. The number of ether oxygens (including phenoxy) is 1. The van der Waals surface area contributed by atoms with Crippen molar-refractivity contribution in [2.75, 3.05) is 13.2 Å². The molecule has 3 heteroatoms. The summed E-state index contributed by atoms with van der Waals surface area (Å²) in [5.74, 6) is 0.730. The van der Waals surface area contributed by atoms with Gasteiger partial charge in [0.05, 0.1) is 12.3 Å². The van der Waals surface area contributed by atoms with E-state index in [1.165, 1.54) is 12.1 Å². The average Bonchev–Trinajstić information content (AvgIpc) is 2.83. The Labute approximate surface area is 91.8 Å². The molecule has 0 bridgehead atoms. The number of hydrogen-bond acceptors (Lipinski definition) is 3. The molecule has 1 heterocycles. The van der Waals surface area contributed by atoms with Gasteiger partial charge in [-0.2, -0.15) is 0 Å². The summed E-state index contributed by atoms with van der Waals surface area (Å²) < 4.78 is 5.07. The van der Waals surface area contributed by atoms with Crippen LogP contribution >= 0.6 is 0 Å². The highest BCUT2D eigenvalue weighted by Gasteiger charge is 2.30. The van der Waals surface area contributed by atoms with Crippen molar-refractivity contribution in [2.24, 2.45) is 16.5 Å². The molecule has 0 amide bonds. The molecule has 2 aliphatic rings. The minimum absolute atomic E-state index is 0.309. The number of hydrogen-bond donors (Lipinski definition) is 0. The largest absolute Gasteiger partial charge is 0.393 e. The third-order valence-electron chi connectivity index (χ3n) is 3.02. The van der Waals surface area contributed by atoms with Crippen LogP contribution in [0.4, 0.5) is 0 Å². The van der Waals surface area contributed by atoms with Crippen LogP contribution in [0.25, 0.3) is 0 Å². The van der Waals surface area contributed by atoms with Crippen LogP contribution in [0.5, 0.6) is 0 Å². The van der Waals surface area contributed by atoms with E-state index < -0.39 is 0 Å². The fraction of sp³-hybridized carbons (Fsp3) is 0.917. The first-order valence-corrected chi connectivity index (χ1v) is 5.84. The summed E-state index contributed by atoms with van der Waals surface area (Å²) in [7, 11) is 0. The molecule has 2 rings (SSSR count). The summed E-state index contributed by atoms with van der Waals surface area (Å²) in [5, 5.41) is 4.25. The van der Waals surface area contributed by atoms with Crippen LogP contribution in [0.1, 0.15) is 40.0 Å². The molecule has 1 saturated heterocycles. The van der Waals surface area contributed by atoms with Crippen LogP contribution in [0.15, 0.2) is 5.16 Å². The van der Waals surface area contributed by atoms with E-state index in [0.717, 1.165) is 25.4 Å². The Morgan fingerprint density at radius 3 is 2.87 bits per heavy atom. The Bertz CT molecular complexity index is 256. The van der Waals surface area contributed by atoms with Crippen molar-refractivity contribution in [1.29, 1.82) is 0 Å². The normalized spacial score (nSPS) is 36.6. The molecule has 0 aromatic carbocycles. The van der Waals surface area contributed by atoms with E-state index in [-0.39, 0.29) is 0 Å². The summed E-state index contributed by atoms with van der Waals surface area (Å²) in [6.45, 7) is 8.37. The first kappa shape index (κ1) is 10.9. The Hall–Kier alpha value is -0.570. The summed E-state index contributed by atoms with van der Waals surface area (Å²) in [4.78, 5) is 5.30. The van der Waals surface area contributed by atoms with Crippen molar-refractivity contribution in [2.45, 2.75) is 46.1 Å². The standard InChI is InChI=1S/C12H21NO2/c1-9-4-10(6-12(2,3)5-9)13-15-8-11-7-14-11/h9,11H,4-8H2,1-3H3. The van der Waals surface area contributed by atoms with E-state index in [9.17, 15) is 0 Å². The zero-order valence-corrected chi connectivity index (χ0v) is 9.95. The van der Waals surface area contributed by atoms with Crippen LogP contribution in [-0.4, -0.2) is 25.0 Å². The molecule has 1 saturated carbocycles. The monoisotopic (exact) mass is 211 g/mol. The van der Waals surface area contributed by atoms with E-state index in [1.807, 2.05) is 0 Å². The molecule has 0 aromatic heterocycles. The first-order chi connectivity index (χ1) is 7.05. The maximum Gasteiger partial charge on any atom is 0.145 e. The number of epoxide rings is 1. The van der Waals surface area contributed by atoms with Crippen LogP contribution in [-0.2, 0) is 9.57 Å². The lowest BCUT2D eigenvalue weighted by Gasteiger charge is -2.34. The van der Waals surface area contributed by atoms with Crippen molar-refractivity contribution in [3.63, 3.8) is 0 Å². The third-order valence-corrected chi connectivity index (χ3v) is 3.02. The molecule has 86 valence electrons. The van der Waals surface area contributed by atoms with Crippen molar-refractivity contribution < 1.29 is 9.57 Å². The lowest BCUT2D eigenvalue weighted by Crippen LogP contribution is -2.27. The van der Waals surface area contributed by atoms with Crippen molar-refractivity contribution >= 4 is 5.71 Å². The highest BCUT2D eigenvalue weighted by Crippen LogP contribution is 2.37. The second-order valence-corrected chi connectivity index (χ2v) is 5.76. The molecule has 0 N–H and O–H groups in total. The molecule has 0 spiro atoms. The first-order valence-electron chi connectivity index (χ1n) is 5.84. The predicted octanol–water partition coefficient (Wildman–Crippen LogP) is 2.60. The molecule has 2 fully saturated rings. The van der Waals surface area contributed by atoms with Crippen LogP contribution in [0.2, 0.25) is 0 Å². The quantitative estimate of drug-likeness (QED) is 0.531. The van der Waals surface area contributed by atoms with Crippen LogP contribution in [0, 0.1) is 11.3 Å². The van der Waals surface area contributed by atoms with Gasteiger partial charge < -0.3 is 9.57 Å². The fourth-order valence-electron chi connectivity index (χ4n) is 2.56. The van der Waals surface area contributed by atoms with Gasteiger partial charge in [0.15, 0.2) is 0 Å². The minimum atomic E-state index is 0.309. The van der Waals surface area contributed by atoms with E-state index in [4.69, 9.17) is 9.57 Å². The van der Waals surface area contributed by atoms with Gasteiger partial charge in [-0.05, 0) is 30.6 Å². The maximum absolute atomic E-state index is 5.30. The molecule has 2 atom stereocenters. The molecular weight excluding hydrogens is 190 g/mol. The zero-order chi connectivity index (χ0) is 10.9. The van der Waals surface area contributed by atoms with Gasteiger partial charge in [0.25, 0.3) is 0 Å². The maximum atomic E-state index is 5.30. The average molecular weight is 211 g/mol. The van der Waals surface area contributed by atoms with Crippen molar-refractivity contribution in [3.8, 4) is 0 Å². The molecule has 1 aliphatic carbocycles. The SMILES string of the molecule is CC1CC(=NOCC2CO2)CC(C)(C)C1. The van der Waals surface area contributed by atoms with Crippen molar-refractivity contribution in [1.82, 2.24) is 0 Å². The fourth-order valence-corrected chi connectivity index (χ4v) is 2.56. The van der Waals surface area contributed by atoms with Crippen LogP contribution in [0.3, 0.4) is 0 Å². The Balaban J connectivity index is 1.83. The van der Waals surface area contributed by atoms with Gasteiger partial charge in [-0.15, -0.1) is 0 Å². The van der Waals surface area contributed by atoms with E-state index in [0.29, 0.717) is 18.1 Å². The topological polar surface area (TPSA) is 34.1 Å². The van der Waals surface area contributed by atoms with E-state index >= 15 is 0 Å². The Morgan fingerprint density at radius 2 is 2.27 bits per heavy atom. The number of oxime groups is 1. The van der Waals surface area contributed by atoms with Crippen molar-refractivity contribution in [3.05, 3.63) is 0 Å². The molecule has 1 aliphatic heterocycles. The van der Waals surface area contributed by atoms with E-state index in [1.54, 1.807) is 0 Å². The van der Waals surface area contributed by atoms with Gasteiger partial charge in [0, 0.05) is 0 Å². The third kappa shape index (κ3) is 3.49. The minimum Gasteiger partial charge on any atom is -0.393 e. The lowest BCUT2D eigenvalue weighted by molar-refractivity contribution is 0.120. The number of nitrogens with zero attached hydrogens (tertiary/aromatic N) is 1. The molecular formula is C12H21NO2. The summed E-state index contributed by atoms with van der Waals surface area (Å²) in [6.07, 6.45) is 3.76. The molecule has 0 radical (unpaired) electrons. The second-order valence-electron chi connectivity index (χ2n) is 5.76. The number of rotatable bonds is 3. The Morgan fingerprint density at radius 1 is 1.53 bits per heavy atom. The summed E-state index contributed by atoms with van der Waals surface area (Å²) in [6, 6.07) is 0. The molecule has 2 unspecified atom stereocenters. The summed E-state index contributed by atoms with van der Waals surface area (Å²) in [5.41, 5.74) is 1.61. The highest BCUT2D eigenvalue weighted by molar-refractivity contribution is 5.85. The van der Waals surface area contributed by atoms with Gasteiger partial charge in [0.1, 0.15) is 12.7 Å². The van der Waals surface area contributed by atoms with Gasteiger partial charge in [-0.3, -0.25) is 0 Å². The Kier molecular flexibility index (Phi) is 3.01. The van der Waals surface area contributed by atoms with Gasteiger partial charge in [-0.1, -0.05) is 25.9 Å². The highest BCUT2D eigenvalue weighted by atomic mass is 16.7. The predicted molar refractivity (Wildman–Crippen MR) is 59.9 cm³/mol. The van der Waals surface area contributed by atoms with Gasteiger partial charge >= 0.3 is 0 Å². The van der Waals surface area contributed by atoms with Gasteiger partial charge in [0.2, 0.25) is 0 Å². The second kappa shape index (κ2) is 4.12. The smallest absolute Gasteiger partial charge is 0.145 e. The lowest BCUT2D eigenvalue weighted by atomic mass is 9.72. The zero-order valence-electron chi connectivity index (χ0n) is 9.95. The molecule has 15 heavy (non-hydrogen) atoms. The van der Waals surface area contributed by atoms with E-state index in [2.05, 4.69) is 25.9 Å². The van der Waals surface area contributed by atoms with Gasteiger partial charge in [-0.25, -0.2) is 0 Å².